The van der Waals surface area contributed by atoms with Gasteiger partial charge in [-0.1, -0.05) is 18.2 Å². The molecule has 2 aromatic rings. The second kappa shape index (κ2) is 7.38. The number of anilines is 2. The molecule has 25 heavy (non-hydrogen) atoms. The molecular weight excluding hydrogens is 316 g/mol. The Labute approximate surface area is 147 Å². The highest BCUT2D eigenvalue weighted by atomic mass is 16.5. The Morgan fingerprint density at radius 2 is 2.00 bits per heavy atom. The van der Waals surface area contributed by atoms with Crippen molar-refractivity contribution in [3.63, 3.8) is 0 Å². The van der Waals surface area contributed by atoms with Crippen LogP contribution in [0.2, 0.25) is 0 Å². The monoisotopic (exact) mass is 338 g/mol. The Morgan fingerprint density at radius 1 is 1.20 bits per heavy atom. The molecular formula is C20H22N2O3. The van der Waals surface area contributed by atoms with E-state index in [9.17, 15) is 9.59 Å². The maximum atomic E-state index is 12.3. The van der Waals surface area contributed by atoms with Crippen molar-refractivity contribution in [2.45, 2.75) is 32.8 Å². The van der Waals surface area contributed by atoms with Gasteiger partial charge in [0.2, 0.25) is 5.91 Å². The molecule has 130 valence electrons. The lowest BCUT2D eigenvalue weighted by molar-refractivity contribution is -0.122. The van der Waals surface area contributed by atoms with Crippen LogP contribution in [-0.2, 0) is 9.59 Å². The normalized spacial score (nSPS) is 15.1. The van der Waals surface area contributed by atoms with Crippen molar-refractivity contribution >= 4 is 23.2 Å². The zero-order valence-electron chi connectivity index (χ0n) is 14.5. The second-order valence-corrected chi connectivity index (χ2v) is 6.27. The largest absolute Gasteiger partial charge is 0.481 e. The molecule has 0 radical (unpaired) electrons. The van der Waals surface area contributed by atoms with Gasteiger partial charge in [0, 0.05) is 30.4 Å². The average Bonchev–Trinajstić information content (AvgIpc) is 3.01. The van der Waals surface area contributed by atoms with Crippen molar-refractivity contribution in [2.75, 3.05) is 16.8 Å². The third-order valence-corrected chi connectivity index (χ3v) is 4.17. The van der Waals surface area contributed by atoms with Gasteiger partial charge in [0.15, 0.2) is 6.10 Å². The van der Waals surface area contributed by atoms with Crippen molar-refractivity contribution in [2.24, 2.45) is 0 Å². The molecule has 1 aliphatic rings. The van der Waals surface area contributed by atoms with Crippen molar-refractivity contribution < 1.29 is 14.3 Å². The van der Waals surface area contributed by atoms with Crippen LogP contribution in [0.25, 0.3) is 0 Å². The summed E-state index contributed by atoms with van der Waals surface area (Å²) in [7, 11) is 0. The number of carbonyl (C=O) groups is 2. The SMILES string of the molecule is Cc1cccc(NC(=O)[C@H](C)Oc2cccc(N3CCCC3=O)c2)c1. The van der Waals surface area contributed by atoms with Crippen LogP contribution in [0.5, 0.6) is 5.75 Å². The number of rotatable bonds is 5. The summed E-state index contributed by atoms with van der Waals surface area (Å²) < 4.78 is 5.76. The number of benzene rings is 2. The molecule has 1 saturated heterocycles. The van der Waals surface area contributed by atoms with Gasteiger partial charge in [-0.05, 0) is 50.1 Å². The number of carbonyl (C=O) groups excluding carboxylic acids is 2. The van der Waals surface area contributed by atoms with E-state index in [-0.39, 0.29) is 11.8 Å². The number of nitrogens with zero attached hydrogens (tertiary/aromatic N) is 1. The summed E-state index contributed by atoms with van der Waals surface area (Å²) in [5, 5.41) is 2.85. The smallest absolute Gasteiger partial charge is 0.265 e. The molecule has 2 aromatic carbocycles. The molecule has 0 unspecified atom stereocenters. The molecule has 1 atom stereocenters. The van der Waals surface area contributed by atoms with Crippen LogP contribution in [0.15, 0.2) is 48.5 Å². The van der Waals surface area contributed by atoms with Crippen LogP contribution in [0.3, 0.4) is 0 Å². The molecule has 5 nitrogen and oxygen atoms in total. The molecule has 2 amide bonds. The fourth-order valence-corrected chi connectivity index (χ4v) is 2.87. The Bertz CT molecular complexity index is 788. The highest BCUT2D eigenvalue weighted by Gasteiger charge is 2.22. The molecule has 1 N–H and O–H groups in total. The van der Waals surface area contributed by atoms with E-state index in [0.717, 1.165) is 29.9 Å². The van der Waals surface area contributed by atoms with Gasteiger partial charge < -0.3 is 15.0 Å². The van der Waals surface area contributed by atoms with E-state index in [1.54, 1.807) is 24.0 Å². The Morgan fingerprint density at radius 3 is 2.72 bits per heavy atom. The highest BCUT2D eigenvalue weighted by molar-refractivity contribution is 5.96. The Balaban J connectivity index is 1.65. The molecule has 0 spiro atoms. The molecule has 0 aliphatic carbocycles. The highest BCUT2D eigenvalue weighted by Crippen LogP contribution is 2.26. The topological polar surface area (TPSA) is 58.6 Å². The molecule has 1 aliphatic heterocycles. The second-order valence-electron chi connectivity index (χ2n) is 6.27. The van der Waals surface area contributed by atoms with Gasteiger partial charge in [0.05, 0.1) is 0 Å². The van der Waals surface area contributed by atoms with Crippen LogP contribution in [-0.4, -0.2) is 24.5 Å². The van der Waals surface area contributed by atoms with Gasteiger partial charge >= 0.3 is 0 Å². The summed E-state index contributed by atoms with van der Waals surface area (Å²) in [6.07, 6.45) is 0.810. The molecule has 1 fully saturated rings. The molecule has 1 heterocycles. The zero-order chi connectivity index (χ0) is 17.8. The van der Waals surface area contributed by atoms with Gasteiger partial charge in [-0.2, -0.15) is 0 Å². The lowest BCUT2D eigenvalue weighted by Crippen LogP contribution is -2.30. The predicted octanol–water partition coefficient (Wildman–Crippen LogP) is 3.53. The lowest BCUT2D eigenvalue weighted by atomic mass is 10.2. The first-order valence-electron chi connectivity index (χ1n) is 8.47. The Kier molecular flexibility index (Phi) is 5.03. The van der Waals surface area contributed by atoms with Gasteiger partial charge in [-0.15, -0.1) is 0 Å². The minimum Gasteiger partial charge on any atom is -0.481 e. The minimum absolute atomic E-state index is 0.127. The third kappa shape index (κ3) is 4.18. The third-order valence-electron chi connectivity index (χ3n) is 4.17. The van der Waals surface area contributed by atoms with Crippen LogP contribution in [0, 0.1) is 6.92 Å². The maximum absolute atomic E-state index is 12.3. The molecule has 0 aromatic heterocycles. The lowest BCUT2D eigenvalue weighted by Gasteiger charge is -2.19. The quantitative estimate of drug-likeness (QED) is 0.907. The summed E-state index contributed by atoms with van der Waals surface area (Å²) >= 11 is 0. The van der Waals surface area contributed by atoms with Crippen molar-refractivity contribution in [3.05, 3.63) is 54.1 Å². The Hall–Kier alpha value is -2.82. The number of ether oxygens (including phenoxy) is 1. The van der Waals surface area contributed by atoms with E-state index < -0.39 is 6.10 Å². The van der Waals surface area contributed by atoms with Crippen LogP contribution in [0.4, 0.5) is 11.4 Å². The standard InChI is InChI=1S/C20H22N2O3/c1-14-6-3-7-16(12-14)21-20(24)15(2)25-18-9-4-8-17(13-18)22-11-5-10-19(22)23/h3-4,6-9,12-13,15H,5,10-11H2,1-2H3,(H,21,24)/t15-/m0/s1. The molecule has 0 saturated carbocycles. The van der Waals surface area contributed by atoms with E-state index >= 15 is 0 Å². The summed E-state index contributed by atoms with van der Waals surface area (Å²) in [6.45, 7) is 4.41. The van der Waals surface area contributed by atoms with E-state index in [0.29, 0.717) is 12.2 Å². The van der Waals surface area contributed by atoms with E-state index in [2.05, 4.69) is 5.32 Å². The summed E-state index contributed by atoms with van der Waals surface area (Å²) in [5.74, 6) is 0.486. The van der Waals surface area contributed by atoms with Crippen molar-refractivity contribution in [1.29, 1.82) is 0 Å². The van der Waals surface area contributed by atoms with Gasteiger partial charge in [0.25, 0.3) is 5.91 Å². The van der Waals surface area contributed by atoms with Crippen LogP contribution in [0.1, 0.15) is 25.3 Å². The number of hydrogen-bond acceptors (Lipinski definition) is 3. The first-order valence-corrected chi connectivity index (χ1v) is 8.47. The van der Waals surface area contributed by atoms with Gasteiger partial charge in [-0.3, -0.25) is 9.59 Å². The summed E-state index contributed by atoms with van der Waals surface area (Å²) in [4.78, 5) is 25.9. The fourth-order valence-electron chi connectivity index (χ4n) is 2.87. The fraction of sp³-hybridized carbons (Fsp3) is 0.300. The average molecular weight is 338 g/mol. The molecule has 5 heteroatoms. The first-order chi connectivity index (χ1) is 12.0. The van der Waals surface area contributed by atoms with Gasteiger partial charge in [0.1, 0.15) is 5.75 Å². The van der Waals surface area contributed by atoms with Crippen molar-refractivity contribution in [3.8, 4) is 5.75 Å². The van der Waals surface area contributed by atoms with Gasteiger partial charge in [-0.25, -0.2) is 0 Å². The number of hydrogen-bond donors (Lipinski definition) is 1. The van der Waals surface area contributed by atoms with E-state index in [4.69, 9.17) is 4.74 Å². The van der Waals surface area contributed by atoms with E-state index in [1.807, 2.05) is 43.3 Å². The van der Waals surface area contributed by atoms with Crippen LogP contribution >= 0.6 is 0 Å². The number of aryl methyl sites for hydroxylation is 1. The van der Waals surface area contributed by atoms with Crippen LogP contribution < -0.4 is 15.0 Å². The predicted molar refractivity (Wildman–Crippen MR) is 97.9 cm³/mol. The summed E-state index contributed by atoms with van der Waals surface area (Å²) in [5.41, 5.74) is 2.64. The minimum atomic E-state index is -0.648. The van der Waals surface area contributed by atoms with E-state index in [1.165, 1.54) is 0 Å². The maximum Gasteiger partial charge on any atom is 0.265 e. The zero-order valence-corrected chi connectivity index (χ0v) is 14.5. The molecule has 0 bridgehead atoms. The van der Waals surface area contributed by atoms with Crippen molar-refractivity contribution in [1.82, 2.24) is 0 Å². The first kappa shape index (κ1) is 17.0. The number of nitrogens with one attached hydrogen (secondary N) is 1. The summed E-state index contributed by atoms with van der Waals surface area (Å²) in [6, 6.07) is 14.9. The number of amides is 2. The molecule has 3 rings (SSSR count).